The number of aromatic nitrogens is 1. The molecule has 0 aromatic carbocycles. The Bertz CT molecular complexity index is 474. The zero-order valence-corrected chi connectivity index (χ0v) is 12.6. The van der Waals surface area contributed by atoms with Gasteiger partial charge in [0.05, 0.1) is 0 Å². The fourth-order valence-electron chi connectivity index (χ4n) is 1.49. The minimum absolute atomic E-state index is 0.231. The fraction of sp³-hybridized carbons (Fsp3) is 0.545. The van der Waals surface area contributed by atoms with Gasteiger partial charge in [-0.15, -0.1) is 0 Å². The molecule has 0 radical (unpaired) electrons. The molecule has 1 aromatic heterocycles. The van der Waals surface area contributed by atoms with Gasteiger partial charge in [0.2, 0.25) is 10.0 Å². The molecule has 0 aliphatic heterocycles. The van der Waals surface area contributed by atoms with Gasteiger partial charge in [-0.05, 0) is 27.9 Å². The summed E-state index contributed by atoms with van der Waals surface area (Å²) in [4.78, 5) is 4.12. The molecule has 0 N–H and O–H groups in total. The summed E-state index contributed by atoms with van der Waals surface area (Å²) in [7, 11) is -3.43. The molecule has 0 amide bonds. The molecule has 6 heteroatoms. The number of sulfonamides is 1. The third kappa shape index (κ3) is 3.76. The van der Waals surface area contributed by atoms with Crippen LogP contribution in [0, 0.1) is 5.92 Å². The Morgan fingerprint density at radius 3 is 2.53 bits per heavy atom. The van der Waals surface area contributed by atoms with Crippen LogP contribution in [-0.2, 0) is 10.0 Å². The van der Waals surface area contributed by atoms with Gasteiger partial charge in [0, 0.05) is 30.0 Å². The number of hydrogen-bond acceptors (Lipinski definition) is 3. The molecule has 0 saturated heterocycles. The van der Waals surface area contributed by atoms with Crippen LogP contribution in [0.25, 0.3) is 0 Å². The van der Waals surface area contributed by atoms with E-state index in [4.69, 9.17) is 0 Å². The number of halogens is 1. The van der Waals surface area contributed by atoms with Gasteiger partial charge >= 0.3 is 0 Å². The third-order valence-corrected chi connectivity index (χ3v) is 4.58. The van der Waals surface area contributed by atoms with Crippen LogP contribution < -0.4 is 0 Å². The third-order valence-electron chi connectivity index (χ3n) is 2.24. The molecule has 0 bridgehead atoms. The second kappa shape index (κ2) is 5.93. The predicted octanol–water partition coefficient (Wildman–Crippen LogP) is 2.51. The Hall–Kier alpha value is -0.460. The summed E-state index contributed by atoms with van der Waals surface area (Å²) in [6, 6.07) is 1.57. The largest absolute Gasteiger partial charge is 0.262 e. The average Bonchev–Trinajstić information content (AvgIpc) is 2.25. The second-order valence-corrected chi connectivity index (χ2v) is 7.04. The molecule has 0 aliphatic carbocycles. The van der Waals surface area contributed by atoms with E-state index in [1.54, 1.807) is 12.3 Å². The molecule has 1 heterocycles. The summed E-state index contributed by atoms with van der Waals surface area (Å²) in [5.41, 5.74) is 0. The number of hydrogen-bond donors (Lipinski definition) is 0. The first-order valence-corrected chi connectivity index (χ1v) is 7.72. The molecule has 0 saturated carbocycles. The normalized spacial score (nSPS) is 12.4. The van der Waals surface area contributed by atoms with Gasteiger partial charge in [-0.1, -0.05) is 20.8 Å². The number of rotatable bonds is 5. The molecule has 4 nitrogen and oxygen atoms in total. The number of nitrogens with zero attached hydrogens (tertiary/aromatic N) is 2. The van der Waals surface area contributed by atoms with Crippen molar-refractivity contribution in [2.75, 3.05) is 13.1 Å². The van der Waals surface area contributed by atoms with Crippen molar-refractivity contribution < 1.29 is 8.42 Å². The molecule has 96 valence electrons. The maximum atomic E-state index is 12.3. The monoisotopic (exact) mass is 320 g/mol. The van der Waals surface area contributed by atoms with E-state index >= 15 is 0 Å². The SMILES string of the molecule is CCN(CC(C)C)S(=O)(=O)c1cncc(Br)c1. The lowest BCUT2D eigenvalue weighted by Crippen LogP contribution is -2.34. The maximum Gasteiger partial charge on any atom is 0.244 e. The lowest BCUT2D eigenvalue weighted by Gasteiger charge is -2.22. The highest BCUT2D eigenvalue weighted by atomic mass is 79.9. The van der Waals surface area contributed by atoms with E-state index in [0.717, 1.165) is 0 Å². The van der Waals surface area contributed by atoms with E-state index < -0.39 is 10.0 Å². The predicted molar refractivity (Wildman–Crippen MR) is 71.2 cm³/mol. The zero-order valence-electron chi connectivity index (χ0n) is 10.2. The molecule has 1 rings (SSSR count). The molecule has 1 aromatic rings. The highest BCUT2D eigenvalue weighted by Crippen LogP contribution is 2.19. The van der Waals surface area contributed by atoms with Gasteiger partial charge in [0.1, 0.15) is 4.90 Å². The molecular formula is C11H17BrN2O2S. The van der Waals surface area contributed by atoms with E-state index in [2.05, 4.69) is 20.9 Å². The van der Waals surface area contributed by atoms with Crippen molar-refractivity contribution in [3.8, 4) is 0 Å². The summed E-state index contributed by atoms with van der Waals surface area (Å²) in [6.45, 7) is 6.82. The van der Waals surface area contributed by atoms with Crippen LogP contribution in [-0.4, -0.2) is 30.8 Å². The molecule has 17 heavy (non-hydrogen) atoms. The van der Waals surface area contributed by atoms with E-state index in [-0.39, 0.29) is 4.90 Å². The summed E-state index contributed by atoms with van der Waals surface area (Å²) >= 11 is 3.23. The van der Waals surface area contributed by atoms with E-state index in [1.165, 1.54) is 10.5 Å². The van der Waals surface area contributed by atoms with Crippen LogP contribution >= 0.6 is 15.9 Å². The van der Waals surface area contributed by atoms with Crippen molar-refractivity contribution >= 4 is 26.0 Å². The summed E-state index contributed by atoms with van der Waals surface area (Å²) in [5.74, 6) is 0.296. The standard InChI is InChI=1S/C11H17BrN2O2S/c1-4-14(8-9(2)3)17(15,16)11-5-10(12)6-13-7-11/h5-7,9H,4,8H2,1-3H3. The Balaban J connectivity index is 3.08. The van der Waals surface area contributed by atoms with E-state index in [1.807, 2.05) is 20.8 Å². The zero-order chi connectivity index (χ0) is 13.1. The maximum absolute atomic E-state index is 12.3. The Morgan fingerprint density at radius 2 is 2.06 bits per heavy atom. The highest BCUT2D eigenvalue weighted by molar-refractivity contribution is 9.10. The van der Waals surface area contributed by atoms with E-state index in [0.29, 0.717) is 23.5 Å². The van der Waals surface area contributed by atoms with Crippen LogP contribution in [0.3, 0.4) is 0 Å². The van der Waals surface area contributed by atoms with Crippen molar-refractivity contribution in [3.63, 3.8) is 0 Å². The topological polar surface area (TPSA) is 50.3 Å². The van der Waals surface area contributed by atoms with Crippen LogP contribution in [0.5, 0.6) is 0 Å². The van der Waals surface area contributed by atoms with Crippen LogP contribution in [0.1, 0.15) is 20.8 Å². The molecular weight excluding hydrogens is 304 g/mol. The van der Waals surface area contributed by atoms with Crippen LogP contribution in [0.2, 0.25) is 0 Å². The van der Waals surface area contributed by atoms with Crippen molar-refractivity contribution in [2.24, 2.45) is 5.92 Å². The van der Waals surface area contributed by atoms with Gasteiger partial charge in [-0.3, -0.25) is 4.98 Å². The van der Waals surface area contributed by atoms with Gasteiger partial charge in [0.15, 0.2) is 0 Å². The van der Waals surface area contributed by atoms with Gasteiger partial charge in [-0.2, -0.15) is 4.31 Å². The van der Waals surface area contributed by atoms with E-state index in [9.17, 15) is 8.42 Å². The lowest BCUT2D eigenvalue weighted by molar-refractivity contribution is 0.380. The first-order valence-electron chi connectivity index (χ1n) is 5.48. The van der Waals surface area contributed by atoms with Crippen LogP contribution in [0.4, 0.5) is 0 Å². The Morgan fingerprint density at radius 1 is 1.41 bits per heavy atom. The fourth-order valence-corrected chi connectivity index (χ4v) is 3.61. The second-order valence-electron chi connectivity index (χ2n) is 4.19. The molecule has 0 atom stereocenters. The van der Waals surface area contributed by atoms with Crippen molar-refractivity contribution in [1.82, 2.24) is 9.29 Å². The molecule has 0 unspecified atom stereocenters. The lowest BCUT2D eigenvalue weighted by atomic mass is 10.2. The van der Waals surface area contributed by atoms with Crippen molar-refractivity contribution in [3.05, 3.63) is 22.9 Å². The van der Waals surface area contributed by atoms with Gasteiger partial charge < -0.3 is 0 Å². The molecule has 0 aliphatic rings. The summed E-state index contributed by atoms with van der Waals surface area (Å²) < 4.78 is 26.8. The molecule has 0 spiro atoms. The summed E-state index contributed by atoms with van der Waals surface area (Å²) in [5, 5.41) is 0. The Kier molecular flexibility index (Phi) is 5.09. The van der Waals surface area contributed by atoms with Crippen molar-refractivity contribution in [2.45, 2.75) is 25.7 Å². The summed E-state index contributed by atoms with van der Waals surface area (Å²) in [6.07, 6.45) is 2.95. The first-order chi connectivity index (χ1) is 7.87. The van der Waals surface area contributed by atoms with Gasteiger partial charge in [0.25, 0.3) is 0 Å². The van der Waals surface area contributed by atoms with Crippen LogP contribution in [0.15, 0.2) is 27.8 Å². The first kappa shape index (κ1) is 14.6. The van der Waals surface area contributed by atoms with Gasteiger partial charge in [-0.25, -0.2) is 8.42 Å². The number of pyridine rings is 1. The van der Waals surface area contributed by atoms with Crippen molar-refractivity contribution in [1.29, 1.82) is 0 Å². The highest BCUT2D eigenvalue weighted by Gasteiger charge is 2.24. The minimum atomic E-state index is -3.43. The average molecular weight is 321 g/mol. The quantitative estimate of drug-likeness (QED) is 0.837. The Labute approximate surface area is 111 Å². The minimum Gasteiger partial charge on any atom is -0.262 e. The molecule has 0 fully saturated rings. The smallest absolute Gasteiger partial charge is 0.244 e.